The van der Waals surface area contributed by atoms with Crippen molar-refractivity contribution in [3.8, 4) is 11.5 Å². The van der Waals surface area contributed by atoms with Crippen LogP contribution in [0.4, 0.5) is 11.4 Å². The molecule has 6 rings (SSSR count). The Balaban J connectivity index is 1.36. The quantitative estimate of drug-likeness (QED) is 0.197. The van der Waals surface area contributed by atoms with E-state index < -0.39 is 23.0 Å². The summed E-state index contributed by atoms with van der Waals surface area (Å²) in [6, 6.07) is 18.5. The van der Waals surface area contributed by atoms with Crippen LogP contribution in [0.25, 0.3) is 0 Å². The standard InChI is InChI=1S/C29H22BrN3O6S2/c1-14-2-7-17(8-3-14)33-27(36)23-22(24-26(32-29(38)41-24)40-25(23)28(33)37)19-12-15(30)4-11-20(19)39-13-21(35)31-16-5-9-18(34)10-6-16/h2-12,22-23,25,34H,13H2,1H3,(H,31,35)(H,32,38). The molecule has 0 saturated carbocycles. The van der Waals surface area contributed by atoms with Gasteiger partial charge in [-0.3, -0.25) is 19.2 Å². The fourth-order valence-corrected chi connectivity index (χ4v) is 7.96. The topological polar surface area (TPSA) is 129 Å². The molecule has 0 bridgehead atoms. The van der Waals surface area contributed by atoms with Crippen LogP contribution in [0.15, 0.2) is 81.0 Å². The number of phenols is 1. The van der Waals surface area contributed by atoms with Crippen LogP contribution >= 0.6 is 39.0 Å². The predicted octanol–water partition coefficient (Wildman–Crippen LogP) is 5.03. The monoisotopic (exact) mass is 651 g/mol. The van der Waals surface area contributed by atoms with E-state index in [2.05, 4.69) is 26.2 Å². The summed E-state index contributed by atoms with van der Waals surface area (Å²) in [4.78, 5) is 57.2. The number of imide groups is 1. The highest BCUT2D eigenvalue weighted by atomic mass is 79.9. The molecule has 12 heteroatoms. The van der Waals surface area contributed by atoms with Crippen LogP contribution in [0.5, 0.6) is 11.5 Å². The minimum absolute atomic E-state index is 0.0787. The van der Waals surface area contributed by atoms with Crippen LogP contribution in [0.3, 0.4) is 0 Å². The zero-order chi connectivity index (χ0) is 28.8. The first-order valence-corrected chi connectivity index (χ1v) is 15.0. The number of benzene rings is 3. The van der Waals surface area contributed by atoms with E-state index >= 15 is 0 Å². The highest BCUT2D eigenvalue weighted by Gasteiger charge is 2.56. The number of halogens is 1. The van der Waals surface area contributed by atoms with Crippen LogP contribution in [-0.2, 0) is 14.4 Å². The molecule has 3 N–H and O–H groups in total. The summed E-state index contributed by atoms with van der Waals surface area (Å²) in [6.07, 6.45) is 0. The van der Waals surface area contributed by atoms with Gasteiger partial charge < -0.3 is 20.1 Å². The van der Waals surface area contributed by atoms with Crippen molar-refractivity contribution in [2.45, 2.75) is 23.1 Å². The van der Waals surface area contributed by atoms with Crippen LogP contribution in [0.2, 0.25) is 0 Å². The Labute approximate surface area is 250 Å². The smallest absolute Gasteiger partial charge is 0.305 e. The van der Waals surface area contributed by atoms with Crippen LogP contribution in [0, 0.1) is 12.8 Å². The number of aromatic amines is 1. The van der Waals surface area contributed by atoms with E-state index in [4.69, 9.17) is 4.74 Å². The second-order valence-corrected chi connectivity index (χ2v) is 12.7. The van der Waals surface area contributed by atoms with Crippen LogP contribution in [0.1, 0.15) is 21.9 Å². The number of H-pyrrole nitrogens is 1. The van der Waals surface area contributed by atoms with Gasteiger partial charge in [-0.2, -0.15) is 0 Å². The van der Waals surface area contributed by atoms with Gasteiger partial charge in [0.1, 0.15) is 16.7 Å². The largest absolute Gasteiger partial charge is 0.508 e. The van der Waals surface area contributed by atoms with Gasteiger partial charge >= 0.3 is 4.87 Å². The maximum Gasteiger partial charge on any atom is 0.305 e. The van der Waals surface area contributed by atoms with Crippen molar-refractivity contribution in [2.24, 2.45) is 5.92 Å². The Bertz CT molecular complexity index is 1730. The summed E-state index contributed by atoms with van der Waals surface area (Å²) in [5.74, 6) is -2.16. The number of aromatic hydroxyl groups is 1. The van der Waals surface area contributed by atoms with Gasteiger partial charge in [0.2, 0.25) is 11.8 Å². The highest BCUT2D eigenvalue weighted by molar-refractivity contribution is 9.10. The Morgan fingerprint density at radius 2 is 1.78 bits per heavy atom. The zero-order valence-electron chi connectivity index (χ0n) is 21.4. The summed E-state index contributed by atoms with van der Waals surface area (Å²) in [7, 11) is 0. The molecule has 3 atom stereocenters. The van der Waals surface area contributed by atoms with E-state index in [0.29, 0.717) is 37.1 Å². The number of anilines is 2. The summed E-state index contributed by atoms with van der Waals surface area (Å²) >= 11 is 5.71. The number of ether oxygens (including phenoxy) is 1. The number of thiazole rings is 1. The van der Waals surface area contributed by atoms with Crippen molar-refractivity contribution < 1.29 is 24.2 Å². The molecular weight excluding hydrogens is 630 g/mol. The summed E-state index contributed by atoms with van der Waals surface area (Å²) in [5, 5.41) is 12.0. The molecule has 41 heavy (non-hydrogen) atoms. The minimum atomic E-state index is -0.796. The Hall–Kier alpha value is -3.87. The van der Waals surface area contributed by atoms with Gasteiger partial charge in [0.05, 0.1) is 16.6 Å². The molecule has 4 aromatic rings. The third-order valence-electron chi connectivity index (χ3n) is 6.93. The minimum Gasteiger partial charge on any atom is -0.508 e. The number of hydrogen-bond donors (Lipinski definition) is 3. The second kappa shape index (κ2) is 10.8. The lowest BCUT2D eigenvalue weighted by Gasteiger charge is -2.31. The molecule has 3 unspecified atom stereocenters. The maximum atomic E-state index is 14.0. The molecule has 3 heterocycles. The van der Waals surface area contributed by atoms with E-state index in [1.807, 2.05) is 19.1 Å². The average molecular weight is 653 g/mol. The van der Waals surface area contributed by atoms with E-state index in [1.165, 1.54) is 28.8 Å². The molecule has 0 aliphatic carbocycles. The summed E-state index contributed by atoms with van der Waals surface area (Å²) < 4.78 is 6.69. The number of phenolic OH excluding ortho intramolecular Hbond substituents is 1. The molecule has 1 fully saturated rings. The van der Waals surface area contributed by atoms with Crippen molar-refractivity contribution in [3.05, 3.63) is 96.9 Å². The highest BCUT2D eigenvalue weighted by Crippen LogP contribution is 2.54. The number of hydrogen-bond acceptors (Lipinski definition) is 8. The van der Waals surface area contributed by atoms with Crippen molar-refractivity contribution in [1.29, 1.82) is 0 Å². The third-order valence-corrected chi connectivity index (χ3v) is 9.83. The number of rotatable bonds is 6. The first-order valence-electron chi connectivity index (χ1n) is 12.5. The molecule has 0 radical (unpaired) electrons. The van der Waals surface area contributed by atoms with E-state index in [0.717, 1.165) is 16.9 Å². The molecule has 1 aromatic heterocycles. The summed E-state index contributed by atoms with van der Waals surface area (Å²) in [6.45, 7) is 1.60. The van der Waals surface area contributed by atoms with Crippen molar-refractivity contribution in [2.75, 3.05) is 16.8 Å². The Morgan fingerprint density at radius 3 is 2.51 bits per heavy atom. The molecule has 2 aliphatic heterocycles. The summed E-state index contributed by atoms with van der Waals surface area (Å²) in [5.41, 5.74) is 2.57. The van der Waals surface area contributed by atoms with Gasteiger partial charge in [-0.05, 0) is 61.5 Å². The van der Waals surface area contributed by atoms with Crippen molar-refractivity contribution in [1.82, 2.24) is 4.98 Å². The normalized spacial score (nSPS) is 19.6. The third kappa shape index (κ3) is 5.18. The molecule has 1 saturated heterocycles. The Morgan fingerprint density at radius 1 is 1.05 bits per heavy atom. The van der Waals surface area contributed by atoms with E-state index in [-0.39, 0.29) is 29.0 Å². The van der Waals surface area contributed by atoms with Crippen LogP contribution < -0.4 is 19.8 Å². The average Bonchev–Trinajstić information content (AvgIpc) is 3.44. The lowest BCUT2D eigenvalue weighted by atomic mass is 9.82. The molecule has 9 nitrogen and oxygen atoms in total. The van der Waals surface area contributed by atoms with Crippen molar-refractivity contribution in [3.63, 3.8) is 0 Å². The molecule has 2 aliphatic rings. The van der Waals surface area contributed by atoms with Crippen molar-refractivity contribution >= 4 is 68.1 Å². The first kappa shape index (κ1) is 27.3. The van der Waals surface area contributed by atoms with E-state index in [1.54, 1.807) is 42.5 Å². The number of amides is 3. The number of aryl methyl sites for hydroxylation is 1. The lowest BCUT2D eigenvalue weighted by Crippen LogP contribution is -2.32. The second-order valence-electron chi connectivity index (χ2n) is 9.66. The fraction of sp³-hybridized carbons (Fsp3) is 0.172. The number of thioether (sulfide) groups is 1. The van der Waals surface area contributed by atoms with Gasteiger partial charge in [0, 0.05) is 26.5 Å². The molecule has 208 valence electrons. The van der Waals surface area contributed by atoms with Gasteiger partial charge in [-0.25, -0.2) is 4.90 Å². The number of aromatic nitrogens is 1. The first-order chi connectivity index (χ1) is 19.7. The molecule has 0 spiro atoms. The van der Waals surface area contributed by atoms with E-state index in [9.17, 15) is 24.3 Å². The lowest BCUT2D eigenvalue weighted by molar-refractivity contribution is -0.122. The van der Waals surface area contributed by atoms with Gasteiger partial charge in [-0.1, -0.05) is 56.7 Å². The van der Waals surface area contributed by atoms with Gasteiger partial charge in [-0.15, -0.1) is 0 Å². The maximum absolute atomic E-state index is 14.0. The predicted molar refractivity (Wildman–Crippen MR) is 160 cm³/mol. The number of carbonyl (C=O) groups is 3. The number of nitrogens with one attached hydrogen (secondary N) is 2. The van der Waals surface area contributed by atoms with Crippen LogP contribution in [-0.4, -0.2) is 39.7 Å². The van der Waals surface area contributed by atoms with Gasteiger partial charge in [0.25, 0.3) is 5.91 Å². The van der Waals surface area contributed by atoms with Gasteiger partial charge in [0.15, 0.2) is 6.61 Å². The molecular formula is C29H22BrN3O6S2. The number of nitrogens with zero attached hydrogens (tertiary/aromatic N) is 1. The Kier molecular flexibility index (Phi) is 7.22. The fourth-order valence-electron chi connectivity index (χ4n) is 5.08. The molecule has 3 aromatic carbocycles. The zero-order valence-corrected chi connectivity index (χ0v) is 24.6. The molecule has 3 amide bonds. The SMILES string of the molecule is Cc1ccc(N2C(=O)C3Sc4[nH]c(=O)sc4C(c4cc(Br)ccc4OCC(=O)Nc4ccc(O)cc4)C3C2=O)cc1. The number of fused-ring (bicyclic) bond motifs is 2. The number of carbonyl (C=O) groups excluding carboxylic acids is 3.